The molecule has 2 aromatic rings. The summed E-state index contributed by atoms with van der Waals surface area (Å²) < 4.78 is 16.1. The second-order valence-corrected chi connectivity index (χ2v) is 8.65. The summed E-state index contributed by atoms with van der Waals surface area (Å²) in [5.41, 5.74) is 1.14. The molecule has 156 valence electrons. The number of amides is 1. The lowest BCUT2D eigenvalue weighted by molar-refractivity contribution is -0.137. The molecule has 7 heteroatoms. The summed E-state index contributed by atoms with van der Waals surface area (Å²) in [6, 6.07) is 4.13. The Kier molecular flexibility index (Phi) is 5.68. The molecule has 0 fully saturated rings. The molecule has 3 rings (SSSR count). The molecule has 0 saturated carbocycles. The lowest BCUT2D eigenvalue weighted by Gasteiger charge is -2.24. The maximum absolute atomic E-state index is 12.7. The molecule has 0 aliphatic heterocycles. The average molecular weight is 401 g/mol. The van der Waals surface area contributed by atoms with Gasteiger partial charge in [-0.2, -0.15) is 0 Å². The number of fused-ring (bicyclic) bond motifs is 3. The van der Waals surface area contributed by atoms with Crippen molar-refractivity contribution < 1.29 is 23.5 Å². The second kappa shape index (κ2) is 7.89. The number of nitrogens with one attached hydrogen (secondary N) is 1. The Morgan fingerprint density at radius 3 is 2.48 bits per heavy atom. The third-order valence-electron chi connectivity index (χ3n) is 4.76. The summed E-state index contributed by atoms with van der Waals surface area (Å²) >= 11 is 0. The predicted octanol–water partition coefficient (Wildman–Crippen LogP) is 3.74. The molecular formula is C22H27NO6. The van der Waals surface area contributed by atoms with Gasteiger partial charge in [0.1, 0.15) is 23.0 Å². The van der Waals surface area contributed by atoms with Crippen molar-refractivity contribution in [3.05, 3.63) is 39.7 Å². The lowest BCUT2D eigenvalue weighted by Crippen LogP contribution is -2.48. The number of hydrogen-bond donors (Lipinski definition) is 1. The van der Waals surface area contributed by atoms with Crippen molar-refractivity contribution in [2.45, 2.75) is 65.5 Å². The van der Waals surface area contributed by atoms with Crippen LogP contribution >= 0.6 is 0 Å². The van der Waals surface area contributed by atoms with E-state index in [2.05, 4.69) is 5.32 Å². The van der Waals surface area contributed by atoms with Crippen LogP contribution in [0.2, 0.25) is 0 Å². The Bertz CT molecular complexity index is 999. The van der Waals surface area contributed by atoms with Gasteiger partial charge >= 0.3 is 17.7 Å². The Hall–Kier alpha value is -2.83. The first kappa shape index (κ1) is 20.9. The number of carbonyl (C=O) groups excluding carboxylic acids is 2. The van der Waals surface area contributed by atoms with Crippen molar-refractivity contribution in [1.29, 1.82) is 0 Å². The summed E-state index contributed by atoms with van der Waals surface area (Å²) in [6.45, 7) is 8.83. The molecule has 0 bridgehead atoms. The van der Waals surface area contributed by atoms with E-state index in [-0.39, 0.29) is 17.3 Å². The molecule has 1 atom stereocenters. The Balaban J connectivity index is 1.79. The average Bonchev–Trinajstić information content (AvgIpc) is 3.08. The van der Waals surface area contributed by atoms with Gasteiger partial charge in [-0.05, 0) is 63.6 Å². The minimum Gasteiger partial charge on any atom is -0.444 e. The number of hydrogen-bond acceptors (Lipinski definition) is 6. The van der Waals surface area contributed by atoms with Crippen LogP contribution in [0.5, 0.6) is 5.75 Å². The highest BCUT2D eigenvalue weighted by atomic mass is 16.6. The van der Waals surface area contributed by atoms with Crippen molar-refractivity contribution in [3.8, 4) is 5.75 Å². The van der Waals surface area contributed by atoms with Gasteiger partial charge in [0.25, 0.3) is 0 Å². The van der Waals surface area contributed by atoms with E-state index in [9.17, 15) is 14.4 Å². The summed E-state index contributed by atoms with van der Waals surface area (Å²) in [7, 11) is 0. The highest BCUT2D eigenvalue weighted by Gasteiger charge is 2.29. The van der Waals surface area contributed by atoms with E-state index in [0.29, 0.717) is 5.58 Å². The zero-order valence-corrected chi connectivity index (χ0v) is 17.5. The summed E-state index contributed by atoms with van der Waals surface area (Å²) in [6.07, 6.45) is 1.82. The van der Waals surface area contributed by atoms with E-state index in [4.69, 9.17) is 13.9 Å². The first-order chi connectivity index (χ1) is 13.5. The number of alkyl carbamates (subject to hydrolysis) is 1. The molecule has 7 nitrogen and oxygen atoms in total. The Morgan fingerprint density at radius 1 is 1.14 bits per heavy atom. The number of aryl methyl sites for hydroxylation is 1. The van der Waals surface area contributed by atoms with Gasteiger partial charge in [0.05, 0.1) is 0 Å². The van der Waals surface area contributed by atoms with E-state index < -0.39 is 23.7 Å². The maximum atomic E-state index is 12.7. The van der Waals surface area contributed by atoms with Gasteiger partial charge in [-0.25, -0.2) is 14.4 Å². The SMILES string of the molecule is CC(C)[C@@H](NC(=O)OC(C)(C)C)C(=O)Oc1ccc2c3c(c(=O)oc2c1)CCC3. The molecule has 0 radical (unpaired) electrons. The van der Waals surface area contributed by atoms with E-state index in [0.717, 1.165) is 35.8 Å². The number of esters is 1. The fourth-order valence-electron chi connectivity index (χ4n) is 3.44. The van der Waals surface area contributed by atoms with Crippen LogP contribution in [0.3, 0.4) is 0 Å². The topological polar surface area (TPSA) is 94.8 Å². The van der Waals surface area contributed by atoms with Crippen molar-refractivity contribution in [2.75, 3.05) is 0 Å². The minimum atomic E-state index is -0.882. The van der Waals surface area contributed by atoms with E-state index in [1.165, 1.54) is 6.07 Å². The normalized spacial score (nSPS) is 14.6. The molecule has 1 amide bonds. The van der Waals surface area contributed by atoms with Gasteiger partial charge < -0.3 is 19.2 Å². The lowest BCUT2D eigenvalue weighted by atomic mass is 10.0. The maximum Gasteiger partial charge on any atom is 0.408 e. The van der Waals surface area contributed by atoms with Crippen molar-refractivity contribution in [3.63, 3.8) is 0 Å². The van der Waals surface area contributed by atoms with Crippen molar-refractivity contribution in [1.82, 2.24) is 5.32 Å². The number of carbonyl (C=O) groups is 2. The standard InChI is InChI=1S/C22H27NO6/c1-12(2)18(23-21(26)29-22(3,4)5)20(25)27-13-9-10-15-14-7-6-8-16(14)19(24)28-17(15)11-13/h9-12,18H,6-8H2,1-5H3,(H,23,26)/t18-/m1/s1. The molecule has 1 aromatic heterocycles. The van der Waals surface area contributed by atoms with Gasteiger partial charge in [0.2, 0.25) is 0 Å². The largest absolute Gasteiger partial charge is 0.444 e. The number of rotatable bonds is 4. The molecule has 1 aliphatic carbocycles. The Morgan fingerprint density at radius 2 is 1.83 bits per heavy atom. The summed E-state index contributed by atoms with van der Waals surface area (Å²) in [4.78, 5) is 36.9. The molecule has 0 unspecified atom stereocenters. The molecule has 0 spiro atoms. The van der Waals surface area contributed by atoms with Gasteiger partial charge in [-0.15, -0.1) is 0 Å². The third kappa shape index (κ3) is 4.78. The van der Waals surface area contributed by atoms with Crippen LogP contribution in [0.4, 0.5) is 4.79 Å². The highest BCUT2D eigenvalue weighted by molar-refractivity contribution is 5.86. The molecule has 1 aliphatic rings. The van der Waals surface area contributed by atoms with Crippen LogP contribution in [0.25, 0.3) is 11.0 Å². The van der Waals surface area contributed by atoms with Crippen molar-refractivity contribution in [2.24, 2.45) is 5.92 Å². The van der Waals surface area contributed by atoms with Gasteiger partial charge in [0.15, 0.2) is 0 Å². The molecule has 0 saturated heterocycles. The van der Waals surface area contributed by atoms with Gasteiger partial charge in [0, 0.05) is 17.0 Å². The highest BCUT2D eigenvalue weighted by Crippen LogP contribution is 2.29. The fourth-order valence-corrected chi connectivity index (χ4v) is 3.44. The monoisotopic (exact) mass is 401 g/mol. The van der Waals surface area contributed by atoms with E-state index in [1.54, 1.807) is 46.8 Å². The second-order valence-electron chi connectivity index (χ2n) is 8.65. The predicted molar refractivity (Wildman–Crippen MR) is 108 cm³/mol. The quantitative estimate of drug-likeness (QED) is 0.476. The van der Waals surface area contributed by atoms with Gasteiger partial charge in [-0.3, -0.25) is 0 Å². The Labute approximate surface area is 169 Å². The van der Waals surface area contributed by atoms with Gasteiger partial charge in [-0.1, -0.05) is 13.8 Å². The van der Waals surface area contributed by atoms with Crippen LogP contribution in [0, 0.1) is 5.92 Å². The van der Waals surface area contributed by atoms with Crippen LogP contribution in [0.1, 0.15) is 52.2 Å². The van der Waals surface area contributed by atoms with Crippen molar-refractivity contribution >= 4 is 23.0 Å². The fraction of sp³-hybridized carbons (Fsp3) is 0.500. The molecule has 1 heterocycles. The molecule has 1 N–H and O–H groups in total. The zero-order chi connectivity index (χ0) is 21.3. The van der Waals surface area contributed by atoms with E-state index in [1.807, 2.05) is 0 Å². The molecular weight excluding hydrogens is 374 g/mol. The molecule has 29 heavy (non-hydrogen) atoms. The minimum absolute atomic E-state index is 0.211. The molecule has 1 aromatic carbocycles. The van der Waals surface area contributed by atoms with Crippen LogP contribution in [0.15, 0.2) is 27.4 Å². The van der Waals surface area contributed by atoms with Crippen LogP contribution < -0.4 is 15.7 Å². The summed E-state index contributed by atoms with van der Waals surface area (Å²) in [5, 5.41) is 3.43. The van der Waals surface area contributed by atoms with E-state index >= 15 is 0 Å². The first-order valence-corrected chi connectivity index (χ1v) is 9.85. The zero-order valence-electron chi connectivity index (χ0n) is 17.5. The van der Waals surface area contributed by atoms with Crippen LogP contribution in [-0.4, -0.2) is 23.7 Å². The number of benzene rings is 1. The number of ether oxygens (including phenoxy) is 2. The van der Waals surface area contributed by atoms with Crippen LogP contribution in [-0.2, 0) is 22.4 Å². The third-order valence-corrected chi connectivity index (χ3v) is 4.76. The smallest absolute Gasteiger partial charge is 0.408 e. The first-order valence-electron chi connectivity index (χ1n) is 9.85. The summed E-state index contributed by atoms with van der Waals surface area (Å²) in [5.74, 6) is -0.578.